The molecule has 1 fully saturated rings. The van der Waals surface area contributed by atoms with E-state index in [9.17, 15) is 9.90 Å². The van der Waals surface area contributed by atoms with Gasteiger partial charge in [-0.3, -0.25) is 4.79 Å². The average Bonchev–Trinajstić information content (AvgIpc) is 2.48. The number of anilines is 1. The van der Waals surface area contributed by atoms with Crippen LogP contribution >= 0.6 is 0 Å². The van der Waals surface area contributed by atoms with E-state index < -0.39 is 6.10 Å². The smallest absolute Gasteiger partial charge is 0.270 e. The second-order valence-electron chi connectivity index (χ2n) is 5.27. The van der Waals surface area contributed by atoms with Crippen LogP contribution in [0.15, 0.2) is 18.2 Å². The summed E-state index contributed by atoms with van der Waals surface area (Å²) in [6.07, 6.45) is 4.24. The highest BCUT2D eigenvalue weighted by Crippen LogP contribution is 2.18. The number of hydrogen-bond donors (Lipinski definition) is 3. The van der Waals surface area contributed by atoms with E-state index >= 15 is 0 Å². The highest BCUT2D eigenvalue weighted by molar-refractivity contribution is 5.92. The van der Waals surface area contributed by atoms with Crippen molar-refractivity contribution in [3.63, 3.8) is 0 Å². The van der Waals surface area contributed by atoms with Crippen LogP contribution in [0.2, 0.25) is 0 Å². The molecule has 1 aromatic rings. The average molecular weight is 277 g/mol. The third-order valence-corrected chi connectivity index (χ3v) is 3.58. The molecule has 1 aromatic heterocycles. The van der Waals surface area contributed by atoms with Crippen LogP contribution in [-0.4, -0.2) is 34.7 Å². The highest BCUT2D eigenvalue weighted by Gasteiger charge is 2.25. The Hall–Kier alpha value is -1.62. The first kappa shape index (κ1) is 14.8. The van der Waals surface area contributed by atoms with Crippen LogP contribution in [0.1, 0.15) is 49.5 Å². The van der Waals surface area contributed by atoms with Gasteiger partial charge in [-0.2, -0.15) is 0 Å². The minimum atomic E-state index is -0.436. The minimum absolute atomic E-state index is 0.148. The van der Waals surface area contributed by atoms with Gasteiger partial charge >= 0.3 is 0 Å². The van der Waals surface area contributed by atoms with Gasteiger partial charge in [-0.1, -0.05) is 25.8 Å². The lowest BCUT2D eigenvalue weighted by molar-refractivity contribution is 0.0714. The maximum Gasteiger partial charge on any atom is 0.270 e. The summed E-state index contributed by atoms with van der Waals surface area (Å²) in [4.78, 5) is 16.5. The van der Waals surface area contributed by atoms with Crippen molar-refractivity contribution in [3.05, 3.63) is 23.9 Å². The van der Waals surface area contributed by atoms with E-state index in [1.165, 1.54) is 0 Å². The molecular formula is C15H23N3O2. The zero-order valence-corrected chi connectivity index (χ0v) is 11.9. The Balaban J connectivity index is 1.97. The molecule has 0 radical (unpaired) electrons. The molecule has 5 heteroatoms. The Morgan fingerprint density at radius 1 is 1.40 bits per heavy atom. The predicted molar refractivity (Wildman–Crippen MR) is 78.7 cm³/mol. The molecule has 1 heterocycles. The van der Waals surface area contributed by atoms with E-state index in [0.717, 1.165) is 38.6 Å². The van der Waals surface area contributed by atoms with Gasteiger partial charge in [-0.25, -0.2) is 4.98 Å². The summed E-state index contributed by atoms with van der Waals surface area (Å²) in [6.45, 7) is 2.91. The zero-order chi connectivity index (χ0) is 14.4. The SMILES string of the molecule is CCCNc1cccc(C(=O)NC2CCCCC2O)n1. The molecule has 0 aromatic carbocycles. The fourth-order valence-electron chi connectivity index (χ4n) is 2.43. The summed E-state index contributed by atoms with van der Waals surface area (Å²) >= 11 is 0. The number of aliphatic hydroxyl groups excluding tert-OH is 1. The van der Waals surface area contributed by atoms with Crippen LogP contribution in [0.5, 0.6) is 0 Å². The number of carbonyl (C=O) groups is 1. The summed E-state index contributed by atoms with van der Waals surface area (Å²) in [5, 5.41) is 15.9. The largest absolute Gasteiger partial charge is 0.391 e. The Labute approximate surface area is 119 Å². The van der Waals surface area contributed by atoms with Gasteiger partial charge in [-0.15, -0.1) is 0 Å². The molecule has 0 spiro atoms. The van der Waals surface area contributed by atoms with Crippen LogP contribution in [0.4, 0.5) is 5.82 Å². The maximum atomic E-state index is 12.2. The van der Waals surface area contributed by atoms with Gasteiger partial charge in [0.25, 0.3) is 5.91 Å². The Morgan fingerprint density at radius 2 is 2.20 bits per heavy atom. The van der Waals surface area contributed by atoms with Gasteiger partial charge in [-0.05, 0) is 31.4 Å². The fourth-order valence-corrected chi connectivity index (χ4v) is 2.43. The third kappa shape index (κ3) is 3.93. The van der Waals surface area contributed by atoms with Crippen molar-refractivity contribution < 1.29 is 9.90 Å². The molecule has 5 nitrogen and oxygen atoms in total. The number of nitrogens with zero attached hydrogens (tertiary/aromatic N) is 1. The second kappa shape index (κ2) is 7.24. The van der Waals surface area contributed by atoms with Crippen molar-refractivity contribution >= 4 is 11.7 Å². The minimum Gasteiger partial charge on any atom is -0.391 e. The van der Waals surface area contributed by atoms with E-state index in [1.807, 2.05) is 12.1 Å². The fraction of sp³-hybridized carbons (Fsp3) is 0.600. The molecule has 1 aliphatic rings. The number of carbonyl (C=O) groups excluding carboxylic acids is 1. The quantitative estimate of drug-likeness (QED) is 0.769. The summed E-state index contributed by atoms with van der Waals surface area (Å²) in [7, 11) is 0. The summed E-state index contributed by atoms with van der Waals surface area (Å²) in [6, 6.07) is 5.21. The number of pyridine rings is 1. The molecule has 3 N–H and O–H groups in total. The van der Waals surface area contributed by atoms with E-state index in [0.29, 0.717) is 11.5 Å². The topological polar surface area (TPSA) is 74.2 Å². The van der Waals surface area contributed by atoms with Crippen LogP contribution in [-0.2, 0) is 0 Å². The Morgan fingerprint density at radius 3 is 2.95 bits per heavy atom. The first-order valence-electron chi connectivity index (χ1n) is 7.40. The lowest BCUT2D eigenvalue weighted by Gasteiger charge is -2.28. The number of nitrogens with one attached hydrogen (secondary N) is 2. The van der Waals surface area contributed by atoms with E-state index in [1.54, 1.807) is 6.07 Å². The Bertz CT molecular complexity index is 450. The van der Waals surface area contributed by atoms with Crippen molar-refractivity contribution in [3.8, 4) is 0 Å². The molecule has 0 aliphatic heterocycles. The van der Waals surface area contributed by atoms with Gasteiger partial charge < -0.3 is 15.7 Å². The molecule has 1 amide bonds. The lowest BCUT2D eigenvalue weighted by atomic mass is 9.92. The molecule has 1 aliphatic carbocycles. The van der Waals surface area contributed by atoms with E-state index in [2.05, 4.69) is 22.5 Å². The van der Waals surface area contributed by atoms with Gasteiger partial charge in [0.1, 0.15) is 11.5 Å². The Kier molecular flexibility index (Phi) is 5.35. The van der Waals surface area contributed by atoms with Crippen molar-refractivity contribution in [2.45, 2.75) is 51.2 Å². The third-order valence-electron chi connectivity index (χ3n) is 3.58. The van der Waals surface area contributed by atoms with Gasteiger partial charge in [0.05, 0.1) is 12.1 Å². The predicted octanol–water partition coefficient (Wildman–Crippen LogP) is 1.94. The number of rotatable bonds is 5. The number of aliphatic hydroxyl groups is 1. The lowest BCUT2D eigenvalue weighted by Crippen LogP contribution is -2.45. The van der Waals surface area contributed by atoms with Crippen LogP contribution in [0.25, 0.3) is 0 Å². The van der Waals surface area contributed by atoms with Gasteiger partial charge in [0, 0.05) is 6.54 Å². The summed E-state index contributed by atoms with van der Waals surface area (Å²) in [5.41, 5.74) is 0.392. The molecule has 2 rings (SSSR count). The second-order valence-corrected chi connectivity index (χ2v) is 5.27. The molecule has 20 heavy (non-hydrogen) atoms. The van der Waals surface area contributed by atoms with Crippen molar-refractivity contribution in [2.24, 2.45) is 0 Å². The normalized spacial score (nSPS) is 22.3. The first-order valence-corrected chi connectivity index (χ1v) is 7.40. The molecule has 2 atom stereocenters. The first-order chi connectivity index (χ1) is 9.70. The number of aromatic nitrogens is 1. The van der Waals surface area contributed by atoms with Gasteiger partial charge in [0.15, 0.2) is 0 Å². The molecule has 1 saturated carbocycles. The van der Waals surface area contributed by atoms with Crippen LogP contribution in [0, 0.1) is 0 Å². The monoisotopic (exact) mass is 277 g/mol. The zero-order valence-electron chi connectivity index (χ0n) is 11.9. The molecule has 110 valence electrons. The van der Waals surface area contributed by atoms with Crippen molar-refractivity contribution in [1.82, 2.24) is 10.3 Å². The van der Waals surface area contributed by atoms with Crippen LogP contribution in [0.3, 0.4) is 0 Å². The maximum absolute atomic E-state index is 12.2. The number of hydrogen-bond acceptors (Lipinski definition) is 4. The standard InChI is InChI=1S/C15H23N3O2/c1-2-10-16-14-9-5-7-12(17-14)15(20)18-11-6-3-4-8-13(11)19/h5,7,9,11,13,19H,2-4,6,8,10H2,1H3,(H,16,17)(H,18,20). The van der Waals surface area contributed by atoms with Crippen molar-refractivity contribution in [2.75, 3.05) is 11.9 Å². The molecule has 0 bridgehead atoms. The highest BCUT2D eigenvalue weighted by atomic mass is 16.3. The molecule has 0 saturated heterocycles. The summed E-state index contributed by atoms with van der Waals surface area (Å²) in [5.74, 6) is 0.500. The van der Waals surface area contributed by atoms with E-state index in [4.69, 9.17) is 0 Å². The number of amides is 1. The van der Waals surface area contributed by atoms with Gasteiger partial charge in [0.2, 0.25) is 0 Å². The van der Waals surface area contributed by atoms with Crippen LogP contribution < -0.4 is 10.6 Å². The molecule has 2 unspecified atom stereocenters. The van der Waals surface area contributed by atoms with Crippen molar-refractivity contribution in [1.29, 1.82) is 0 Å². The molecular weight excluding hydrogens is 254 g/mol. The summed E-state index contributed by atoms with van der Waals surface area (Å²) < 4.78 is 0. The van der Waals surface area contributed by atoms with E-state index in [-0.39, 0.29) is 11.9 Å².